The lowest BCUT2D eigenvalue weighted by Crippen LogP contribution is -2.14. The smallest absolute Gasteiger partial charge is 0.337 e. The minimum Gasteiger partial charge on any atom is -0.465 e. The van der Waals surface area contributed by atoms with Crippen molar-refractivity contribution in [2.75, 3.05) is 18.2 Å². The van der Waals surface area contributed by atoms with Crippen LogP contribution < -0.4 is 5.32 Å². The number of thioether (sulfide) groups is 1. The van der Waals surface area contributed by atoms with Crippen LogP contribution in [0, 0.1) is 0 Å². The van der Waals surface area contributed by atoms with Crippen molar-refractivity contribution in [2.24, 2.45) is 0 Å². The lowest BCUT2D eigenvalue weighted by atomic mass is 9.87. The van der Waals surface area contributed by atoms with Gasteiger partial charge in [-0.2, -0.15) is 0 Å². The number of aromatic amines is 1. The third-order valence-corrected chi connectivity index (χ3v) is 5.26. The van der Waals surface area contributed by atoms with Gasteiger partial charge < -0.3 is 10.1 Å². The topological polar surface area (TPSA) is 97.0 Å². The molecule has 0 saturated heterocycles. The molecular weight excluding hydrogens is 400 g/mol. The normalized spacial score (nSPS) is 11.2. The number of hydrogen-bond donors (Lipinski definition) is 2. The Hall–Kier alpha value is -3.13. The highest BCUT2D eigenvalue weighted by molar-refractivity contribution is 7.99. The number of aromatic nitrogens is 3. The molecule has 0 saturated carbocycles. The Kier molecular flexibility index (Phi) is 6.56. The van der Waals surface area contributed by atoms with E-state index in [2.05, 4.69) is 58.1 Å². The lowest BCUT2D eigenvalue weighted by Gasteiger charge is -2.18. The molecule has 30 heavy (non-hydrogen) atoms. The van der Waals surface area contributed by atoms with Crippen LogP contribution >= 0.6 is 11.8 Å². The van der Waals surface area contributed by atoms with Gasteiger partial charge in [0.25, 0.3) is 0 Å². The highest BCUT2D eigenvalue weighted by atomic mass is 32.2. The molecule has 0 fully saturated rings. The number of benzene rings is 2. The Morgan fingerprint density at radius 2 is 1.73 bits per heavy atom. The first-order valence-electron chi connectivity index (χ1n) is 9.40. The molecule has 0 aliphatic heterocycles. The molecule has 1 heterocycles. The Bertz CT molecular complexity index is 1020. The van der Waals surface area contributed by atoms with Crippen LogP contribution in [0.25, 0.3) is 11.4 Å². The van der Waals surface area contributed by atoms with Crippen LogP contribution in [-0.2, 0) is 14.9 Å². The molecule has 1 amide bonds. The largest absolute Gasteiger partial charge is 0.465 e. The summed E-state index contributed by atoms with van der Waals surface area (Å²) in [6, 6.07) is 14.7. The molecule has 0 spiro atoms. The number of anilines is 1. The molecule has 0 atom stereocenters. The minimum atomic E-state index is -0.420. The van der Waals surface area contributed by atoms with Crippen LogP contribution in [0.4, 0.5) is 5.69 Å². The number of esters is 1. The number of carbonyl (C=O) groups is 2. The summed E-state index contributed by atoms with van der Waals surface area (Å²) in [6.45, 7) is 6.51. The van der Waals surface area contributed by atoms with Crippen LogP contribution in [0.1, 0.15) is 36.7 Å². The summed E-state index contributed by atoms with van der Waals surface area (Å²) in [7, 11) is 1.32. The molecule has 156 valence electrons. The average molecular weight is 425 g/mol. The van der Waals surface area contributed by atoms with Crippen molar-refractivity contribution >= 4 is 29.3 Å². The van der Waals surface area contributed by atoms with Gasteiger partial charge in [0.1, 0.15) is 0 Å². The number of carbonyl (C=O) groups excluding carboxylic acids is 2. The molecule has 8 heteroatoms. The molecule has 7 nitrogen and oxygen atoms in total. The van der Waals surface area contributed by atoms with Gasteiger partial charge in [0.2, 0.25) is 11.1 Å². The van der Waals surface area contributed by atoms with Gasteiger partial charge in [-0.05, 0) is 35.2 Å². The predicted molar refractivity (Wildman–Crippen MR) is 118 cm³/mol. The number of rotatable bonds is 6. The molecule has 0 unspecified atom stereocenters. The van der Waals surface area contributed by atoms with Gasteiger partial charge in [-0.25, -0.2) is 9.78 Å². The summed E-state index contributed by atoms with van der Waals surface area (Å²) in [6.07, 6.45) is 0. The van der Waals surface area contributed by atoms with Gasteiger partial charge in [-0.15, -0.1) is 5.10 Å². The third-order valence-electron chi connectivity index (χ3n) is 4.41. The SMILES string of the molecule is COC(=O)c1ccc(NC(=O)CSc2n[nH]c(-c3ccc(C(C)(C)C)cc3)n2)cc1. The molecule has 0 aliphatic carbocycles. The fourth-order valence-corrected chi connectivity index (χ4v) is 3.30. The van der Waals surface area contributed by atoms with Gasteiger partial charge in [-0.3, -0.25) is 9.89 Å². The van der Waals surface area contributed by atoms with Gasteiger partial charge >= 0.3 is 5.97 Å². The van der Waals surface area contributed by atoms with Crippen LogP contribution in [0.2, 0.25) is 0 Å². The lowest BCUT2D eigenvalue weighted by molar-refractivity contribution is -0.113. The van der Waals surface area contributed by atoms with E-state index in [1.165, 1.54) is 24.4 Å². The Morgan fingerprint density at radius 3 is 2.33 bits per heavy atom. The summed E-state index contributed by atoms with van der Waals surface area (Å²) >= 11 is 1.24. The zero-order chi connectivity index (χ0) is 21.7. The van der Waals surface area contributed by atoms with Crippen molar-refractivity contribution in [1.82, 2.24) is 15.2 Å². The number of ether oxygens (including phenoxy) is 1. The van der Waals surface area contributed by atoms with E-state index in [0.717, 1.165) is 5.56 Å². The zero-order valence-electron chi connectivity index (χ0n) is 17.4. The fraction of sp³-hybridized carbons (Fsp3) is 0.273. The molecule has 2 N–H and O–H groups in total. The fourth-order valence-electron chi connectivity index (χ4n) is 2.70. The van der Waals surface area contributed by atoms with Gasteiger partial charge in [0, 0.05) is 11.3 Å². The molecule has 1 aromatic heterocycles. The molecule has 0 radical (unpaired) electrons. The van der Waals surface area contributed by atoms with Gasteiger partial charge in [0.15, 0.2) is 5.82 Å². The van der Waals surface area contributed by atoms with Crippen molar-refractivity contribution in [3.05, 3.63) is 59.7 Å². The summed E-state index contributed by atoms with van der Waals surface area (Å²) < 4.78 is 4.65. The quantitative estimate of drug-likeness (QED) is 0.453. The predicted octanol–water partition coefficient (Wildman–Crippen LogP) is 4.29. The average Bonchev–Trinajstić information content (AvgIpc) is 3.21. The number of nitrogens with one attached hydrogen (secondary N) is 2. The maximum absolute atomic E-state index is 12.2. The Balaban J connectivity index is 1.55. The second-order valence-electron chi connectivity index (χ2n) is 7.70. The summed E-state index contributed by atoms with van der Waals surface area (Å²) in [4.78, 5) is 28.1. The van der Waals surface area contributed by atoms with Crippen LogP contribution in [-0.4, -0.2) is 39.9 Å². The standard InChI is InChI=1S/C22H24N4O3S/c1-22(2,3)16-9-5-14(6-10-16)19-24-21(26-25-19)30-13-18(27)23-17-11-7-15(8-12-17)20(28)29-4/h5-12H,13H2,1-4H3,(H,23,27)(H,24,25,26). The first kappa shape index (κ1) is 21.6. The molecule has 0 aliphatic rings. The highest BCUT2D eigenvalue weighted by Gasteiger charge is 2.14. The number of H-pyrrole nitrogens is 1. The first-order chi connectivity index (χ1) is 14.3. The van der Waals surface area contributed by atoms with Crippen molar-refractivity contribution in [1.29, 1.82) is 0 Å². The molecule has 3 aromatic rings. The van der Waals surface area contributed by atoms with Gasteiger partial charge in [0.05, 0.1) is 18.4 Å². The van der Waals surface area contributed by atoms with E-state index < -0.39 is 5.97 Å². The van der Waals surface area contributed by atoms with Crippen LogP contribution in [0.15, 0.2) is 53.7 Å². The van der Waals surface area contributed by atoms with Crippen LogP contribution in [0.5, 0.6) is 0 Å². The second-order valence-corrected chi connectivity index (χ2v) is 8.64. The highest BCUT2D eigenvalue weighted by Crippen LogP contribution is 2.25. The monoisotopic (exact) mass is 424 g/mol. The third kappa shape index (κ3) is 5.48. The van der Waals surface area contributed by atoms with Gasteiger partial charge in [-0.1, -0.05) is 56.8 Å². The van der Waals surface area contributed by atoms with E-state index in [1.807, 2.05) is 12.1 Å². The number of amides is 1. The summed E-state index contributed by atoms with van der Waals surface area (Å²) in [5, 5.41) is 10.4. The summed E-state index contributed by atoms with van der Waals surface area (Å²) in [5.74, 6) is 0.222. The van der Waals surface area contributed by atoms with Crippen molar-refractivity contribution < 1.29 is 14.3 Å². The second kappa shape index (κ2) is 9.13. The molecular formula is C22H24N4O3S. The van der Waals surface area contributed by atoms with Crippen LogP contribution in [0.3, 0.4) is 0 Å². The maximum Gasteiger partial charge on any atom is 0.337 e. The van der Waals surface area contributed by atoms with E-state index >= 15 is 0 Å². The molecule has 0 bridgehead atoms. The number of nitrogens with zero attached hydrogens (tertiary/aromatic N) is 2. The van der Waals surface area contributed by atoms with E-state index in [1.54, 1.807) is 24.3 Å². The summed E-state index contributed by atoms with van der Waals surface area (Å²) in [5.41, 5.74) is 3.30. The van der Waals surface area contributed by atoms with Crippen molar-refractivity contribution in [2.45, 2.75) is 31.3 Å². The Labute approximate surface area is 179 Å². The number of hydrogen-bond acceptors (Lipinski definition) is 6. The van der Waals surface area contributed by atoms with E-state index in [9.17, 15) is 9.59 Å². The van der Waals surface area contributed by atoms with Crippen molar-refractivity contribution in [3.8, 4) is 11.4 Å². The first-order valence-corrected chi connectivity index (χ1v) is 10.4. The molecule has 2 aromatic carbocycles. The maximum atomic E-state index is 12.2. The van der Waals surface area contributed by atoms with E-state index in [4.69, 9.17) is 0 Å². The minimum absolute atomic E-state index is 0.0912. The van der Waals surface area contributed by atoms with Crippen molar-refractivity contribution in [3.63, 3.8) is 0 Å². The van der Waals surface area contributed by atoms with E-state index in [-0.39, 0.29) is 17.1 Å². The molecule has 3 rings (SSSR count). The zero-order valence-corrected chi connectivity index (χ0v) is 18.2. The Morgan fingerprint density at radius 1 is 1.07 bits per heavy atom. The van der Waals surface area contributed by atoms with E-state index in [0.29, 0.717) is 22.2 Å². The number of methoxy groups -OCH3 is 1.